The fraction of sp³-hybridized carbons (Fsp3) is 0.600. The van der Waals surface area contributed by atoms with Gasteiger partial charge in [0.25, 0.3) is 0 Å². The number of rotatable bonds is 7. The highest BCUT2D eigenvalue weighted by Crippen LogP contribution is 2.34. The Hall–Kier alpha value is -0.890. The SMILES string of the molecule is CCNC(CCC1CC1)Cc1ccccc1F. The molecule has 0 heterocycles. The molecule has 1 unspecified atom stereocenters. The number of nitrogens with one attached hydrogen (secondary N) is 1. The molecule has 17 heavy (non-hydrogen) atoms. The minimum atomic E-state index is -0.0678. The molecule has 1 fully saturated rings. The van der Waals surface area contributed by atoms with E-state index in [1.807, 2.05) is 12.1 Å². The first-order valence-corrected chi connectivity index (χ1v) is 6.76. The molecule has 1 aromatic rings. The van der Waals surface area contributed by atoms with Crippen LogP contribution in [0.2, 0.25) is 0 Å². The van der Waals surface area contributed by atoms with Gasteiger partial charge in [-0.15, -0.1) is 0 Å². The van der Waals surface area contributed by atoms with Gasteiger partial charge in [0.15, 0.2) is 0 Å². The molecule has 0 spiro atoms. The molecule has 0 aromatic heterocycles. The molecule has 1 nitrogen and oxygen atoms in total. The van der Waals surface area contributed by atoms with Gasteiger partial charge in [0, 0.05) is 6.04 Å². The van der Waals surface area contributed by atoms with E-state index in [2.05, 4.69) is 12.2 Å². The van der Waals surface area contributed by atoms with Crippen LogP contribution in [0.15, 0.2) is 24.3 Å². The second-order valence-corrected chi connectivity index (χ2v) is 5.07. The maximum absolute atomic E-state index is 13.6. The molecule has 1 aliphatic rings. The number of halogens is 1. The van der Waals surface area contributed by atoms with Crippen molar-refractivity contribution in [3.8, 4) is 0 Å². The third-order valence-electron chi connectivity index (χ3n) is 3.54. The highest BCUT2D eigenvalue weighted by Gasteiger charge is 2.22. The van der Waals surface area contributed by atoms with Crippen LogP contribution in [-0.2, 0) is 6.42 Å². The Morgan fingerprint density at radius 3 is 2.76 bits per heavy atom. The second-order valence-electron chi connectivity index (χ2n) is 5.07. The van der Waals surface area contributed by atoms with Gasteiger partial charge in [0.1, 0.15) is 5.82 Å². The Bertz CT molecular complexity index is 347. The lowest BCUT2D eigenvalue weighted by molar-refractivity contribution is 0.454. The molecule has 0 bridgehead atoms. The standard InChI is InChI=1S/C15H22FN/c1-2-17-14(10-9-12-7-8-12)11-13-5-3-4-6-15(13)16/h3-6,12,14,17H,2,7-11H2,1H3. The van der Waals surface area contributed by atoms with Crippen molar-refractivity contribution >= 4 is 0 Å². The van der Waals surface area contributed by atoms with Crippen LogP contribution in [0.1, 0.15) is 38.2 Å². The molecule has 1 saturated carbocycles. The summed E-state index contributed by atoms with van der Waals surface area (Å²) in [6.07, 6.45) is 6.09. The third kappa shape index (κ3) is 4.12. The zero-order valence-corrected chi connectivity index (χ0v) is 10.6. The monoisotopic (exact) mass is 235 g/mol. The molecule has 1 aliphatic carbocycles. The van der Waals surface area contributed by atoms with Gasteiger partial charge in [-0.1, -0.05) is 38.0 Å². The molecule has 0 aliphatic heterocycles. The maximum atomic E-state index is 13.6. The van der Waals surface area contributed by atoms with Gasteiger partial charge in [0.2, 0.25) is 0 Å². The Labute approximate surface area is 103 Å². The summed E-state index contributed by atoms with van der Waals surface area (Å²) in [4.78, 5) is 0. The average Bonchev–Trinajstić information content (AvgIpc) is 3.13. The van der Waals surface area contributed by atoms with Crippen molar-refractivity contribution in [2.75, 3.05) is 6.54 Å². The van der Waals surface area contributed by atoms with Crippen LogP contribution >= 0.6 is 0 Å². The number of hydrogen-bond acceptors (Lipinski definition) is 1. The summed E-state index contributed by atoms with van der Waals surface area (Å²) in [5, 5.41) is 3.47. The predicted octanol–water partition coefficient (Wildman–Crippen LogP) is 3.54. The molecule has 2 heteroatoms. The largest absolute Gasteiger partial charge is 0.314 e. The Morgan fingerprint density at radius 1 is 1.35 bits per heavy atom. The lowest BCUT2D eigenvalue weighted by atomic mass is 10.00. The second kappa shape index (κ2) is 6.15. The van der Waals surface area contributed by atoms with Crippen molar-refractivity contribution in [1.29, 1.82) is 0 Å². The van der Waals surface area contributed by atoms with Crippen LogP contribution in [0.4, 0.5) is 4.39 Å². The summed E-state index contributed by atoms with van der Waals surface area (Å²) in [6, 6.07) is 7.56. The lowest BCUT2D eigenvalue weighted by Crippen LogP contribution is -2.31. The zero-order chi connectivity index (χ0) is 12.1. The highest BCUT2D eigenvalue weighted by atomic mass is 19.1. The van der Waals surface area contributed by atoms with Crippen LogP contribution in [0, 0.1) is 11.7 Å². The molecule has 1 N–H and O–H groups in total. The number of hydrogen-bond donors (Lipinski definition) is 1. The van der Waals surface area contributed by atoms with E-state index >= 15 is 0 Å². The van der Waals surface area contributed by atoms with Crippen LogP contribution in [0.3, 0.4) is 0 Å². The minimum absolute atomic E-state index is 0.0678. The van der Waals surface area contributed by atoms with Crippen LogP contribution < -0.4 is 5.32 Å². The molecule has 2 rings (SSSR count). The third-order valence-corrected chi connectivity index (χ3v) is 3.54. The summed E-state index contributed by atoms with van der Waals surface area (Å²) in [5.41, 5.74) is 0.842. The molecule has 1 atom stereocenters. The van der Waals surface area contributed by atoms with Gasteiger partial charge >= 0.3 is 0 Å². The van der Waals surface area contributed by atoms with Crippen molar-refractivity contribution in [3.05, 3.63) is 35.6 Å². The topological polar surface area (TPSA) is 12.0 Å². The van der Waals surface area contributed by atoms with Gasteiger partial charge in [-0.05, 0) is 43.4 Å². The summed E-state index contributed by atoms with van der Waals surface area (Å²) in [6.45, 7) is 3.08. The Balaban J connectivity index is 1.88. The predicted molar refractivity (Wildman–Crippen MR) is 69.5 cm³/mol. The fourth-order valence-electron chi connectivity index (χ4n) is 2.34. The molecular formula is C15H22FN. The lowest BCUT2D eigenvalue weighted by Gasteiger charge is -2.18. The summed E-state index contributed by atoms with van der Waals surface area (Å²) in [7, 11) is 0. The highest BCUT2D eigenvalue weighted by molar-refractivity contribution is 5.18. The summed E-state index contributed by atoms with van der Waals surface area (Å²) < 4.78 is 13.6. The van der Waals surface area contributed by atoms with Crippen molar-refractivity contribution in [3.63, 3.8) is 0 Å². The zero-order valence-electron chi connectivity index (χ0n) is 10.6. The van der Waals surface area contributed by atoms with Gasteiger partial charge < -0.3 is 5.32 Å². The van der Waals surface area contributed by atoms with E-state index in [9.17, 15) is 4.39 Å². The van der Waals surface area contributed by atoms with Crippen molar-refractivity contribution in [2.24, 2.45) is 5.92 Å². The smallest absolute Gasteiger partial charge is 0.126 e. The van der Waals surface area contributed by atoms with Crippen LogP contribution in [-0.4, -0.2) is 12.6 Å². The average molecular weight is 235 g/mol. The van der Waals surface area contributed by atoms with Crippen LogP contribution in [0.5, 0.6) is 0 Å². The molecule has 1 aromatic carbocycles. The van der Waals surface area contributed by atoms with Gasteiger partial charge in [-0.3, -0.25) is 0 Å². The van der Waals surface area contributed by atoms with Crippen molar-refractivity contribution < 1.29 is 4.39 Å². The minimum Gasteiger partial charge on any atom is -0.314 e. The first-order valence-electron chi connectivity index (χ1n) is 6.76. The van der Waals surface area contributed by atoms with E-state index in [4.69, 9.17) is 0 Å². The van der Waals surface area contributed by atoms with Crippen molar-refractivity contribution in [2.45, 2.75) is 45.1 Å². The Morgan fingerprint density at radius 2 is 2.12 bits per heavy atom. The number of benzene rings is 1. The number of likely N-dealkylation sites (N-methyl/N-ethyl adjacent to an activating group) is 1. The van der Waals surface area contributed by atoms with E-state index in [0.29, 0.717) is 6.04 Å². The fourth-order valence-corrected chi connectivity index (χ4v) is 2.34. The van der Waals surface area contributed by atoms with Gasteiger partial charge in [-0.2, -0.15) is 0 Å². The summed E-state index contributed by atoms with van der Waals surface area (Å²) >= 11 is 0. The molecule has 0 radical (unpaired) electrons. The van der Waals surface area contributed by atoms with E-state index in [1.54, 1.807) is 12.1 Å². The Kier molecular flexibility index (Phi) is 4.55. The van der Waals surface area contributed by atoms with Crippen LogP contribution in [0.25, 0.3) is 0 Å². The normalized spacial score (nSPS) is 17.1. The molecule has 0 saturated heterocycles. The van der Waals surface area contributed by atoms with E-state index in [0.717, 1.165) is 24.4 Å². The molecular weight excluding hydrogens is 213 g/mol. The molecule has 94 valence electrons. The first-order chi connectivity index (χ1) is 8.29. The van der Waals surface area contributed by atoms with E-state index < -0.39 is 0 Å². The molecule has 0 amide bonds. The summed E-state index contributed by atoms with van der Waals surface area (Å²) in [5.74, 6) is 0.888. The van der Waals surface area contributed by atoms with E-state index in [1.165, 1.54) is 25.7 Å². The first kappa shape index (κ1) is 12.6. The van der Waals surface area contributed by atoms with Crippen molar-refractivity contribution in [1.82, 2.24) is 5.32 Å². The van der Waals surface area contributed by atoms with Gasteiger partial charge in [0.05, 0.1) is 0 Å². The maximum Gasteiger partial charge on any atom is 0.126 e. The quantitative estimate of drug-likeness (QED) is 0.762. The van der Waals surface area contributed by atoms with E-state index in [-0.39, 0.29) is 5.82 Å². The van der Waals surface area contributed by atoms with Gasteiger partial charge in [-0.25, -0.2) is 4.39 Å².